The lowest BCUT2D eigenvalue weighted by atomic mass is 10.1. The Morgan fingerprint density at radius 3 is 2.50 bits per heavy atom. The van der Waals surface area contributed by atoms with Gasteiger partial charge in [0.1, 0.15) is 5.75 Å². The van der Waals surface area contributed by atoms with E-state index >= 15 is 0 Å². The first-order valence-electron chi connectivity index (χ1n) is 8.17. The van der Waals surface area contributed by atoms with Crippen LogP contribution in [0.2, 0.25) is 0 Å². The van der Waals surface area contributed by atoms with Gasteiger partial charge in [-0.1, -0.05) is 31.5 Å². The van der Waals surface area contributed by atoms with Gasteiger partial charge in [0.2, 0.25) is 5.91 Å². The van der Waals surface area contributed by atoms with E-state index in [4.69, 9.17) is 4.74 Å². The zero-order valence-electron chi connectivity index (χ0n) is 15.5. The van der Waals surface area contributed by atoms with Gasteiger partial charge < -0.3 is 10.1 Å². The molecule has 0 spiro atoms. The van der Waals surface area contributed by atoms with Gasteiger partial charge in [0.25, 0.3) is 0 Å². The Bertz CT molecular complexity index is 573. The third kappa shape index (κ3) is 6.20. The van der Waals surface area contributed by atoms with Crippen LogP contribution in [0.3, 0.4) is 0 Å². The second-order valence-electron chi connectivity index (χ2n) is 6.50. The Labute approximate surface area is 144 Å². The van der Waals surface area contributed by atoms with Crippen molar-refractivity contribution >= 4 is 11.9 Å². The van der Waals surface area contributed by atoms with Crippen LogP contribution in [0.1, 0.15) is 31.9 Å². The molecule has 6 nitrogen and oxygen atoms in total. The second kappa shape index (κ2) is 9.27. The fourth-order valence-corrected chi connectivity index (χ4v) is 2.19. The highest BCUT2D eigenvalue weighted by Crippen LogP contribution is 2.21. The van der Waals surface area contributed by atoms with E-state index in [1.807, 2.05) is 50.9 Å². The number of amides is 3. The van der Waals surface area contributed by atoms with Crippen molar-refractivity contribution < 1.29 is 14.3 Å². The summed E-state index contributed by atoms with van der Waals surface area (Å²) in [5.74, 6) is 0.792. The molecule has 0 aliphatic heterocycles. The molecule has 0 bridgehead atoms. The van der Waals surface area contributed by atoms with E-state index in [-0.39, 0.29) is 5.91 Å². The van der Waals surface area contributed by atoms with Crippen molar-refractivity contribution in [3.63, 3.8) is 0 Å². The summed E-state index contributed by atoms with van der Waals surface area (Å²) >= 11 is 0. The summed E-state index contributed by atoms with van der Waals surface area (Å²) in [6.45, 7) is 8.85. The van der Waals surface area contributed by atoms with Crippen LogP contribution in [0.5, 0.6) is 5.75 Å². The normalized spacial score (nSPS) is 12.2. The minimum absolute atomic E-state index is 0.328. The number of rotatable bonds is 7. The quantitative estimate of drug-likeness (QED) is 0.802. The maximum atomic E-state index is 12.2. The van der Waals surface area contributed by atoms with Gasteiger partial charge in [-0.2, -0.15) is 0 Å². The molecule has 0 aliphatic carbocycles. The summed E-state index contributed by atoms with van der Waals surface area (Å²) in [5, 5.41) is 5.05. The highest BCUT2D eigenvalue weighted by molar-refractivity contribution is 5.96. The van der Waals surface area contributed by atoms with Crippen LogP contribution in [-0.4, -0.2) is 43.6 Å². The number of nitrogens with one attached hydrogen (secondary N) is 2. The van der Waals surface area contributed by atoms with E-state index in [0.717, 1.165) is 16.9 Å². The van der Waals surface area contributed by atoms with Crippen LogP contribution in [0.25, 0.3) is 0 Å². The number of carbonyl (C=O) groups is 2. The molecular formula is C18H29N3O3. The molecule has 1 unspecified atom stereocenters. The maximum Gasteiger partial charge on any atom is 0.321 e. The Morgan fingerprint density at radius 1 is 1.25 bits per heavy atom. The smallest absolute Gasteiger partial charge is 0.321 e. The lowest BCUT2D eigenvalue weighted by molar-refractivity contribution is -0.124. The fourth-order valence-electron chi connectivity index (χ4n) is 2.19. The van der Waals surface area contributed by atoms with Crippen molar-refractivity contribution in [3.05, 3.63) is 29.3 Å². The molecule has 1 aromatic carbocycles. The minimum atomic E-state index is -0.456. The van der Waals surface area contributed by atoms with Gasteiger partial charge in [-0.3, -0.25) is 15.0 Å². The highest BCUT2D eigenvalue weighted by Gasteiger charge is 2.21. The van der Waals surface area contributed by atoms with E-state index < -0.39 is 12.1 Å². The van der Waals surface area contributed by atoms with E-state index in [1.165, 1.54) is 0 Å². The Morgan fingerprint density at radius 2 is 1.92 bits per heavy atom. The molecule has 0 radical (unpaired) electrons. The number of likely N-dealkylation sites (N-methyl/N-ethyl adjacent to an activating group) is 1. The van der Waals surface area contributed by atoms with Crippen LogP contribution in [0, 0.1) is 12.8 Å². The van der Waals surface area contributed by atoms with Gasteiger partial charge in [0.05, 0.1) is 13.2 Å². The van der Waals surface area contributed by atoms with Crippen molar-refractivity contribution in [1.29, 1.82) is 0 Å². The average Bonchev–Trinajstić information content (AvgIpc) is 2.52. The third-order valence-electron chi connectivity index (χ3n) is 3.80. The molecule has 3 amide bonds. The van der Waals surface area contributed by atoms with E-state index in [2.05, 4.69) is 10.6 Å². The summed E-state index contributed by atoms with van der Waals surface area (Å²) in [5.41, 5.74) is 2.13. The topological polar surface area (TPSA) is 70.7 Å². The number of urea groups is 1. The molecule has 1 atom stereocenters. The van der Waals surface area contributed by atoms with E-state index in [9.17, 15) is 9.59 Å². The van der Waals surface area contributed by atoms with Crippen LogP contribution >= 0.6 is 0 Å². The number of hydrogen-bond donors (Lipinski definition) is 2. The zero-order chi connectivity index (χ0) is 18.3. The number of hydrogen-bond acceptors (Lipinski definition) is 4. The first-order chi connectivity index (χ1) is 11.2. The molecule has 1 rings (SSSR count). The SMILES string of the molecule is COc1ccc(C)cc1CN(C)C(C)C(=O)NC(=O)NCC(C)C. The predicted molar refractivity (Wildman–Crippen MR) is 95.0 cm³/mol. The molecule has 0 saturated heterocycles. The summed E-state index contributed by atoms with van der Waals surface area (Å²) < 4.78 is 5.37. The average molecular weight is 335 g/mol. The van der Waals surface area contributed by atoms with Crippen molar-refractivity contribution in [3.8, 4) is 5.75 Å². The van der Waals surface area contributed by atoms with Gasteiger partial charge >= 0.3 is 6.03 Å². The Balaban J connectivity index is 2.64. The van der Waals surface area contributed by atoms with Crippen LogP contribution in [-0.2, 0) is 11.3 Å². The highest BCUT2D eigenvalue weighted by atomic mass is 16.5. The van der Waals surface area contributed by atoms with Gasteiger partial charge in [-0.05, 0) is 32.9 Å². The molecule has 0 aromatic heterocycles. The summed E-state index contributed by atoms with van der Waals surface area (Å²) in [6.07, 6.45) is 0. The maximum absolute atomic E-state index is 12.2. The number of benzene rings is 1. The Kier molecular flexibility index (Phi) is 7.71. The molecule has 0 heterocycles. The van der Waals surface area contributed by atoms with Crippen molar-refractivity contribution in [2.24, 2.45) is 5.92 Å². The third-order valence-corrected chi connectivity index (χ3v) is 3.80. The first-order valence-corrected chi connectivity index (χ1v) is 8.17. The van der Waals surface area contributed by atoms with Crippen LogP contribution < -0.4 is 15.4 Å². The van der Waals surface area contributed by atoms with Gasteiger partial charge in [0.15, 0.2) is 0 Å². The standard InChI is InChI=1S/C18H29N3O3/c1-12(2)10-19-18(23)20-17(22)14(4)21(5)11-15-9-13(3)7-8-16(15)24-6/h7-9,12,14H,10-11H2,1-6H3,(H2,19,20,22,23). The zero-order valence-corrected chi connectivity index (χ0v) is 15.5. The van der Waals surface area contributed by atoms with Gasteiger partial charge in [-0.15, -0.1) is 0 Å². The summed E-state index contributed by atoms with van der Waals surface area (Å²) in [4.78, 5) is 25.8. The van der Waals surface area contributed by atoms with Gasteiger partial charge in [0, 0.05) is 18.7 Å². The molecule has 0 saturated carbocycles. The largest absolute Gasteiger partial charge is 0.496 e. The minimum Gasteiger partial charge on any atom is -0.496 e. The van der Waals surface area contributed by atoms with Gasteiger partial charge in [-0.25, -0.2) is 4.79 Å². The second-order valence-corrected chi connectivity index (χ2v) is 6.50. The molecule has 2 N–H and O–H groups in total. The predicted octanol–water partition coefficient (Wildman–Crippen LogP) is 2.31. The summed E-state index contributed by atoms with van der Waals surface area (Å²) in [7, 11) is 3.47. The van der Waals surface area contributed by atoms with Crippen molar-refractivity contribution in [1.82, 2.24) is 15.5 Å². The monoisotopic (exact) mass is 335 g/mol. The number of aryl methyl sites for hydroxylation is 1. The molecule has 6 heteroatoms. The van der Waals surface area contributed by atoms with Crippen LogP contribution in [0.4, 0.5) is 4.79 Å². The number of nitrogens with zero attached hydrogens (tertiary/aromatic N) is 1. The van der Waals surface area contributed by atoms with Crippen LogP contribution in [0.15, 0.2) is 18.2 Å². The lowest BCUT2D eigenvalue weighted by Crippen LogP contribution is -2.48. The van der Waals surface area contributed by atoms with E-state index in [1.54, 1.807) is 14.0 Å². The number of imide groups is 1. The number of methoxy groups -OCH3 is 1. The molecule has 24 heavy (non-hydrogen) atoms. The Hall–Kier alpha value is -2.08. The lowest BCUT2D eigenvalue weighted by Gasteiger charge is -2.24. The van der Waals surface area contributed by atoms with E-state index in [0.29, 0.717) is 19.0 Å². The molecule has 1 aromatic rings. The summed E-state index contributed by atoms with van der Waals surface area (Å²) in [6, 6.07) is 5.04. The first kappa shape index (κ1) is 20.0. The molecule has 0 fully saturated rings. The number of carbonyl (C=O) groups excluding carboxylic acids is 2. The van der Waals surface area contributed by atoms with Crippen molar-refractivity contribution in [2.75, 3.05) is 20.7 Å². The fraction of sp³-hybridized carbons (Fsp3) is 0.556. The van der Waals surface area contributed by atoms with Crippen molar-refractivity contribution in [2.45, 2.75) is 40.3 Å². The molecular weight excluding hydrogens is 306 g/mol. The molecule has 0 aliphatic rings. The number of ether oxygens (including phenoxy) is 1. The molecule has 134 valence electrons.